The van der Waals surface area contributed by atoms with Crippen molar-refractivity contribution in [2.75, 3.05) is 43.0 Å². The Bertz CT molecular complexity index is 1250. The predicted octanol–water partition coefficient (Wildman–Crippen LogP) is 2.49. The monoisotopic (exact) mass is 477 g/mol. The number of para-hydroxylation sites is 1. The van der Waals surface area contributed by atoms with Gasteiger partial charge in [0.05, 0.1) is 42.8 Å². The number of rotatable bonds is 5. The molecule has 0 spiro atoms. The van der Waals surface area contributed by atoms with E-state index in [2.05, 4.69) is 23.1 Å². The molecule has 32 heavy (non-hydrogen) atoms. The number of sulfonamides is 1. The number of imidazole rings is 1. The van der Waals surface area contributed by atoms with Gasteiger partial charge in [0.25, 0.3) is 0 Å². The number of nitrogens with one attached hydrogen (secondary N) is 1. The van der Waals surface area contributed by atoms with Crippen LogP contribution in [0.1, 0.15) is 0 Å². The maximum absolute atomic E-state index is 13.0. The number of fused-ring (bicyclic) bond motifs is 1. The van der Waals surface area contributed by atoms with Gasteiger partial charge in [0.1, 0.15) is 17.0 Å². The number of urea groups is 1. The number of morpholine rings is 1. The van der Waals surface area contributed by atoms with E-state index in [-0.39, 0.29) is 23.7 Å². The lowest BCUT2D eigenvalue weighted by molar-refractivity contribution is 0.0730. The van der Waals surface area contributed by atoms with E-state index in [1.54, 1.807) is 18.5 Å². The van der Waals surface area contributed by atoms with Gasteiger partial charge in [-0.1, -0.05) is 18.9 Å². The second-order valence-electron chi connectivity index (χ2n) is 7.12. The minimum Gasteiger partial charge on any atom is -0.495 e. The summed E-state index contributed by atoms with van der Waals surface area (Å²) in [5, 5.41) is 2.77. The van der Waals surface area contributed by atoms with Crippen LogP contribution in [0.4, 0.5) is 16.2 Å². The van der Waals surface area contributed by atoms with Crippen molar-refractivity contribution >= 4 is 51.3 Å². The highest BCUT2D eigenvalue weighted by molar-refractivity contribution is 7.89. The van der Waals surface area contributed by atoms with Crippen molar-refractivity contribution < 1.29 is 22.7 Å². The highest BCUT2D eigenvalue weighted by Gasteiger charge is 2.28. The summed E-state index contributed by atoms with van der Waals surface area (Å²) < 4.78 is 40.9. The summed E-state index contributed by atoms with van der Waals surface area (Å²) in [6, 6.07) is 9.15. The molecule has 2 heterocycles. The number of carbonyl (C=O) groups is 1. The summed E-state index contributed by atoms with van der Waals surface area (Å²) in [6.07, 6.45) is 1.65. The standard InChI is InChI=1S/C20H23N5O5S2/c1-23-13-21-19-15(4-3-5-16(19)23)22-20(26)25(31)17-12-14(6-7-18(17)29-2)32(27,28)24-8-10-30-11-9-24/h3-7,12-13,31H,8-11H2,1-2H3,(H,22,26). The van der Waals surface area contributed by atoms with Gasteiger partial charge >= 0.3 is 6.03 Å². The van der Waals surface area contributed by atoms with E-state index in [9.17, 15) is 13.2 Å². The molecular formula is C20H23N5O5S2. The molecule has 0 bridgehead atoms. The zero-order valence-electron chi connectivity index (χ0n) is 17.6. The molecule has 2 aromatic carbocycles. The Morgan fingerprint density at radius 1 is 1.25 bits per heavy atom. The average molecular weight is 478 g/mol. The first-order chi connectivity index (χ1) is 15.3. The summed E-state index contributed by atoms with van der Waals surface area (Å²) in [6.45, 7) is 1.20. The van der Waals surface area contributed by atoms with E-state index in [0.717, 1.165) is 9.82 Å². The first-order valence-corrected chi connectivity index (χ1v) is 11.6. The number of anilines is 2. The molecule has 4 rings (SSSR count). The van der Waals surface area contributed by atoms with Crippen molar-refractivity contribution in [1.29, 1.82) is 0 Å². The van der Waals surface area contributed by atoms with Crippen molar-refractivity contribution in [2.24, 2.45) is 7.05 Å². The topological polar surface area (TPSA) is 106 Å². The molecule has 1 N–H and O–H groups in total. The normalized spacial score (nSPS) is 15.0. The Balaban J connectivity index is 1.64. The Hall–Kier alpha value is -2.80. The average Bonchev–Trinajstić information content (AvgIpc) is 3.20. The molecule has 12 heteroatoms. The lowest BCUT2D eigenvalue weighted by Crippen LogP contribution is -2.40. The fraction of sp³-hybridized carbons (Fsp3) is 0.300. The van der Waals surface area contributed by atoms with Crippen LogP contribution in [-0.2, 0) is 21.8 Å². The first kappa shape index (κ1) is 22.4. The number of methoxy groups -OCH3 is 1. The molecule has 1 aliphatic heterocycles. The predicted molar refractivity (Wildman–Crippen MR) is 124 cm³/mol. The van der Waals surface area contributed by atoms with E-state index in [0.29, 0.717) is 30.2 Å². The zero-order chi connectivity index (χ0) is 22.9. The maximum Gasteiger partial charge on any atom is 0.336 e. The SMILES string of the molecule is COc1ccc(S(=O)(=O)N2CCOCC2)cc1N(S)C(=O)Nc1cccc2c1ncn2C. The summed E-state index contributed by atoms with van der Waals surface area (Å²) in [7, 11) is -0.469. The summed E-state index contributed by atoms with van der Waals surface area (Å²) >= 11 is 4.33. The van der Waals surface area contributed by atoms with Gasteiger partial charge in [-0.3, -0.25) is 0 Å². The smallest absolute Gasteiger partial charge is 0.336 e. The molecule has 10 nitrogen and oxygen atoms in total. The minimum atomic E-state index is -3.76. The molecule has 0 unspecified atom stereocenters. The highest BCUT2D eigenvalue weighted by Crippen LogP contribution is 2.34. The van der Waals surface area contributed by atoms with Gasteiger partial charge in [0.2, 0.25) is 10.0 Å². The van der Waals surface area contributed by atoms with Crippen molar-refractivity contribution in [2.45, 2.75) is 4.90 Å². The number of thiol groups is 1. The van der Waals surface area contributed by atoms with Crippen LogP contribution < -0.4 is 14.4 Å². The number of ether oxygens (including phenoxy) is 2. The van der Waals surface area contributed by atoms with Crippen LogP contribution in [0.5, 0.6) is 5.75 Å². The lowest BCUT2D eigenvalue weighted by Gasteiger charge is -2.27. The second-order valence-corrected chi connectivity index (χ2v) is 9.46. The highest BCUT2D eigenvalue weighted by atomic mass is 32.2. The van der Waals surface area contributed by atoms with Gasteiger partial charge in [-0.2, -0.15) is 4.31 Å². The van der Waals surface area contributed by atoms with E-state index in [1.807, 2.05) is 17.7 Å². The molecule has 1 fully saturated rings. The summed E-state index contributed by atoms with van der Waals surface area (Å²) in [5.41, 5.74) is 2.17. The van der Waals surface area contributed by atoms with Crippen LogP contribution in [0.25, 0.3) is 11.0 Å². The van der Waals surface area contributed by atoms with Crippen LogP contribution in [-0.4, -0.2) is 61.7 Å². The van der Waals surface area contributed by atoms with Crippen LogP contribution in [0.2, 0.25) is 0 Å². The van der Waals surface area contributed by atoms with Crippen LogP contribution in [0.3, 0.4) is 0 Å². The molecule has 3 aromatic rings. The number of benzene rings is 2. The largest absolute Gasteiger partial charge is 0.495 e. The number of hydrogen-bond acceptors (Lipinski definition) is 7. The molecule has 0 radical (unpaired) electrons. The molecular weight excluding hydrogens is 454 g/mol. The number of hydrogen-bond donors (Lipinski definition) is 2. The number of aromatic nitrogens is 2. The first-order valence-electron chi connectivity index (χ1n) is 9.79. The van der Waals surface area contributed by atoms with Gasteiger partial charge in [-0.25, -0.2) is 22.5 Å². The third-order valence-corrected chi connectivity index (χ3v) is 7.47. The Labute approximate surface area is 191 Å². The second kappa shape index (κ2) is 8.98. The molecule has 0 aliphatic carbocycles. The van der Waals surface area contributed by atoms with Crippen molar-refractivity contribution in [3.05, 3.63) is 42.7 Å². The summed E-state index contributed by atoms with van der Waals surface area (Å²) in [5.74, 6) is 0.298. The lowest BCUT2D eigenvalue weighted by atomic mass is 10.2. The van der Waals surface area contributed by atoms with E-state index in [1.165, 1.54) is 29.6 Å². The molecule has 1 aromatic heterocycles. The fourth-order valence-corrected chi connectivity index (χ4v) is 5.10. The molecule has 0 atom stereocenters. The number of carbonyl (C=O) groups excluding carboxylic acids is 1. The summed E-state index contributed by atoms with van der Waals surface area (Å²) in [4.78, 5) is 17.3. The molecule has 2 amide bonds. The number of nitrogens with zero attached hydrogens (tertiary/aromatic N) is 4. The Kier molecular flexibility index (Phi) is 6.29. The van der Waals surface area contributed by atoms with E-state index < -0.39 is 16.1 Å². The van der Waals surface area contributed by atoms with Gasteiger partial charge in [-0.05, 0) is 30.3 Å². The maximum atomic E-state index is 13.0. The third-order valence-electron chi connectivity index (χ3n) is 5.18. The van der Waals surface area contributed by atoms with E-state index in [4.69, 9.17) is 9.47 Å². The molecule has 0 saturated carbocycles. The molecule has 170 valence electrons. The van der Waals surface area contributed by atoms with Gasteiger partial charge in [-0.15, -0.1) is 0 Å². The van der Waals surface area contributed by atoms with Crippen LogP contribution >= 0.6 is 12.8 Å². The van der Waals surface area contributed by atoms with Crippen molar-refractivity contribution in [3.63, 3.8) is 0 Å². The Morgan fingerprint density at radius 3 is 2.72 bits per heavy atom. The van der Waals surface area contributed by atoms with Gasteiger partial charge in [0.15, 0.2) is 0 Å². The van der Waals surface area contributed by atoms with E-state index >= 15 is 0 Å². The number of amides is 2. The van der Waals surface area contributed by atoms with Gasteiger partial charge in [0, 0.05) is 20.1 Å². The Morgan fingerprint density at radius 2 is 2.00 bits per heavy atom. The van der Waals surface area contributed by atoms with Crippen molar-refractivity contribution in [1.82, 2.24) is 13.9 Å². The molecule has 1 saturated heterocycles. The van der Waals surface area contributed by atoms with Crippen LogP contribution in [0, 0.1) is 0 Å². The number of aryl methyl sites for hydroxylation is 1. The minimum absolute atomic E-state index is 0.0360. The fourth-order valence-electron chi connectivity index (χ4n) is 3.47. The van der Waals surface area contributed by atoms with Crippen molar-refractivity contribution in [3.8, 4) is 5.75 Å². The zero-order valence-corrected chi connectivity index (χ0v) is 19.3. The quantitative estimate of drug-likeness (QED) is 0.547. The van der Waals surface area contributed by atoms with Gasteiger partial charge < -0.3 is 19.4 Å². The third kappa shape index (κ3) is 4.13. The van der Waals surface area contributed by atoms with Crippen LogP contribution in [0.15, 0.2) is 47.6 Å². The molecule has 1 aliphatic rings.